The molecule has 0 aliphatic carbocycles. The number of hydrogen-bond donors (Lipinski definition) is 2. The molecule has 0 aliphatic heterocycles. The summed E-state index contributed by atoms with van der Waals surface area (Å²) in [7, 11) is 0. The van der Waals surface area contributed by atoms with Crippen LogP contribution in [0.3, 0.4) is 0 Å². The lowest BCUT2D eigenvalue weighted by Crippen LogP contribution is -2.22. The van der Waals surface area contributed by atoms with Gasteiger partial charge in [0.1, 0.15) is 23.0 Å². The highest BCUT2D eigenvalue weighted by molar-refractivity contribution is 6.00. The Labute approximate surface area is 137 Å². The number of amides is 2. The molecule has 0 unspecified atom stereocenters. The van der Waals surface area contributed by atoms with E-state index in [2.05, 4.69) is 20.6 Å². The zero-order valence-corrected chi connectivity index (χ0v) is 13.1. The van der Waals surface area contributed by atoms with Gasteiger partial charge in [-0.05, 0) is 26.0 Å². The molecule has 0 atom stereocenters. The highest BCUT2D eigenvalue weighted by Crippen LogP contribution is 2.24. The van der Waals surface area contributed by atoms with E-state index in [0.717, 1.165) is 12.1 Å². The van der Waals surface area contributed by atoms with Crippen molar-refractivity contribution in [1.29, 1.82) is 0 Å². The van der Waals surface area contributed by atoms with Gasteiger partial charge in [-0.15, -0.1) is 0 Å². The average molecular weight is 338 g/mol. The number of hydrogen-bond acceptors (Lipinski definition) is 5. The first-order valence-corrected chi connectivity index (χ1v) is 7.19. The number of nitrogens with one attached hydrogen (secondary N) is 2. The Hall–Kier alpha value is -2.97. The minimum Gasteiger partial charge on any atom is -0.476 e. The maximum absolute atomic E-state index is 13.5. The summed E-state index contributed by atoms with van der Waals surface area (Å²) in [5, 5.41) is 4.47. The Morgan fingerprint density at radius 2 is 1.79 bits per heavy atom. The summed E-state index contributed by atoms with van der Waals surface area (Å²) in [5.41, 5.74) is -0.422. The van der Waals surface area contributed by atoms with Gasteiger partial charge in [0, 0.05) is 0 Å². The van der Waals surface area contributed by atoms with E-state index < -0.39 is 23.4 Å². The molecule has 0 radical (unpaired) electrons. The topological polar surface area (TPSA) is 85.4 Å². The fourth-order valence-electron chi connectivity index (χ4n) is 1.77. The maximum Gasteiger partial charge on any atom is 0.324 e. The summed E-state index contributed by atoms with van der Waals surface area (Å²) in [6.07, 6.45) is 1.28. The molecule has 2 amide bonds. The fraction of sp³-hybridized carbons (Fsp3) is 0.267. The number of carbonyl (C=O) groups excluding carboxylic acids is 1. The summed E-state index contributed by atoms with van der Waals surface area (Å²) in [4.78, 5) is 19.9. The molecule has 7 nitrogen and oxygen atoms in total. The van der Waals surface area contributed by atoms with Crippen LogP contribution in [-0.4, -0.2) is 29.2 Å². The number of benzene rings is 1. The Morgan fingerprint density at radius 1 is 1.12 bits per heavy atom. The molecule has 2 rings (SSSR count). The molecule has 0 saturated carbocycles. The standard InChI is InChI=1S/C15H16F2N4O3/c1-3-23-13-11(8-18-15(21-13)24-4-2)19-14(22)20-12-9(16)6-5-7-10(12)17/h5-8H,3-4H2,1-2H3,(H2,19,20,22). The highest BCUT2D eigenvalue weighted by Gasteiger charge is 2.15. The molecule has 24 heavy (non-hydrogen) atoms. The number of halogens is 2. The van der Waals surface area contributed by atoms with E-state index in [9.17, 15) is 13.6 Å². The predicted molar refractivity (Wildman–Crippen MR) is 83.4 cm³/mol. The molecule has 0 aliphatic rings. The number of aromatic nitrogens is 2. The van der Waals surface area contributed by atoms with Crippen LogP contribution < -0.4 is 20.1 Å². The van der Waals surface area contributed by atoms with Crippen molar-refractivity contribution in [1.82, 2.24) is 9.97 Å². The number of urea groups is 1. The van der Waals surface area contributed by atoms with Crippen molar-refractivity contribution in [3.05, 3.63) is 36.0 Å². The van der Waals surface area contributed by atoms with Gasteiger partial charge in [-0.2, -0.15) is 4.98 Å². The van der Waals surface area contributed by atoms with E-state index in [4.69, 9.17) is 9.47 Å². The van der Waals surface area contributed by atoms with Crippen LogP contribution in [0.15, 0.2) is 24.4 Å². The summed E-state index contributed by atoms with van der Waals surface area (Å²) >= 11 is 0. The number of ether oxygens (including phenoxy) is 2. The number of carbonyl (C=O) groups is 1. The molecule has 0 fully saturated rings. The molecule has 9 heteroatoms. The molecule has 128 valence electrons. The van der Waals surface area contributed by atoms with Crippen LogP contribution in [0.2, 0.25) is 0 Å². The second-order valence-electron chi connectivity index (χ2n) is 4.41. The summed E-state index contributed by atoms with van der Waals surface area (Å²) < 4.78 is 37.5. The van der Waals surface area contributed by atoms with Crippen LogP contribution >= 0.6 is 0 Å². The van der Waals surface area contributed by atoms with Gasteiger partial charge < -0.3 is 20.1 Å². The summed E-state index contributed by atoms with van der Waals surface area (Å²) in [6, 6.07) is 2.48. The zero-order valence-electron chi connectivity index (χ0n) is 13.1. The third-order valence-corrected chi connectivity index (χ3v) is 2.74. The Morgan fingerprint density at radius 3 is 2.42 bits per heavy atom. The lowest BCUT2D eigenvalue weighted by atomic mass is 10.3. The largest absolute Gasteiger partial charge is 0.476 e. The SMILES string of the molecule is CCOc1ncc(NC(=O)Nc2c(F)cccc2F)c(OCC)n1. The quantitative estimate of drug-likeness (QED) is 0.845. The molecule has 1 aromatic carbocycles. The van der Waals surface area contributed by atoms with Gasteiger partial charge in [-0.25, -0.2) is 18.6 Å². The van der Waals surface area contributed by atoms with E-state index in [-0.39, 0.29) is 17.6 Å². The third kappa shape index (κ3) is 4.28. The van der Waals surface area contributed by atoms with Gasteiger partial charge >= 0.3 is 12.0 Å². The molecule has 0 saturated heterocycles. The molecule has 1 heterocycles. The Bertz CT molecular complexity index is 708. The molecular formula is C15H16F2N4O3. The number of nitrogens with zero attached hydrogens (tertiary/aromatic N) is 2. The number of para-hydroxylation sites is 1. The van der Waals surface area contributed by atoms with E-state index >= 15 is 0 Å². The first-order chi connectivity index (χ1) is 11.5. The normalized spacial score (nSPS) is 10.2. The number of rotatable bonds is 6. The van der Waals surface area contributed by atoms with E-state index in [1.165, 1.54) is 12.3 Å². The van der Waals surface area contributed by atoms with Crippen LogP contribution in [-0.2, 0) is 0 Å². The van der Waals surface area contributed by atoms with Crippen molar-refractivity contribution in [2.75, 3.05) is 23.8 Å². The van der Waals surface area contributed by atoms with Gasteiger partial charge in [-0.3, -0.25) is 0 Å². The Kier molecular flexibility index (Phi) is 5.83. The lowest BCUT2D eigenvalue weighted by Gasteiger charge is -2.12. The number of anilines is 2. The lowest BCUT2D eigenvalue weighted by molar-refractivity contribution is 0.261. The highest BCUT2D eigenvalue weighted by atomic mass is 19.1. The van der Waals surface area contributed by atoms with Gasteiger partial charge in [-0.1, -0.05) is 6.07 Å². The first kappa shape index (κ1) is 17.4. The van der Waals surface area contributed by atoms with Crippen molar-refractivity contribution in [3.63, 3.8) is 0 Å². The van der Waals surface area contributed by atoms with Crippen LogP contribution in [0.4, 0.5) is 25.0 Å². The molecular weight excluding hydrogens is 322 g/mol. The van der Waals surface area contributed by atoms with Crippen molar-refractivity contribution in [2.24, 2.45) is 0 Å². The average Bonchev–Trinajstić information content (AvgIpc) is 2.54. The van der Waals surface area contributed by atoms with Gasteiger partial charge in [0.05, 0.1) is 19.4 Å². The van der Waals surface area contributed by atoms with Crippen LogP contribution in [0, 0.1) is 11.6 Å². The van der Waals surface area contributed by atoms with Crippen molar-refractivity contribution in [3.8, 4) is 11.9 Å². The second-order valence-corrected chi connectivity index (χ2v) is 4.41. The Balaban J connectivity index is 2.16. The molecule has 2 aromatic rings. The predicted octanol–water partition coefficient (Wildman–Crippen LogP) is 3.20. The van der Waals surface area contributed by atoms with E-state index in [0.29, 0.717) is 13.2 Å². The second kappa shape index (κ2) is 8.04. The smallest absolute Gasteiger partial charge is 0.324 e. The summed E-state index contributed by atoms with van der Waals surface area (Å²) in [6.45, 7) is 4.17. The molecule has 0 spiro atoms. The van der Waals surface area contributed by atoms with Gasteiger partial charge in [0.25, 0.3) is 0 Å². The van der Waals surface area contributed by atoms with Gasteiger partial charge in [0.2, 0.25) is 5.88 Å². The fourth-order valence-corrected chi connectivity index (χ4v) is 1.77. The zero-order chi connectivity index (χ0) is 17.5. The molecule has 0 bridgehead atoms. The van der Waals surface area contributed by atoms with Crippen LogP contribution in [0.25, 0.3) is 0 Å². The van der Waals surface area contributed by atoms with Crippen LogP contribution in [0.5, 0.6) is 11.9 Å². The van der Waals surface area contributed by atoms with Gasteiger partial charge in [0.15, 0.2) is 0 Å². The maximum atomic E-state index is 13.5. The first-order valence-electron chi connectivity index (χ1n) is 7.19. The van der Waals surface area contributed by atoms with Crippen molar-refractivity contribution < 1.29 is 23.0 Å². The van der Waals surface area contributed by atoms with Crippen molar-refractivity contribution in [2.45, 2.75) is 13.8 Å². The summed E-state index contributed by atoms with van der Waals surface area (Å²) in [5.74, 6) is -1.70. The van der Waals surface area contributed by atoms with E-state index in [1.54, 1.807) is 13.8 Å². The van der Waals surface area contributed by atoms with Crippen LogP contribution in [0.1, 0.15) is 13.8 Å². The minimum atomic E-state index is -0.891. The minimum absolute atomic E-state index is 0.0834. The third-order valence-electron chi connectivity index (χ3n) is 2.74. The molecule has 2 N–H and O–H groups in total. The molecule has 1 aromatic heterocycles. The van der Waals surface area contributed by atoms with Crippen molar-refractivity contribution >= 4 is 17.4 Å². The van der Waals surface area contributed by atoms with E-state index in [1.807, 2.05) is 0 Å². The monoisotopic (exact) mass is 338 g/mol.